The van der Waals surface area contributed by atoms with E-state index in [1.54, 1.807) is 20.8 Å². The minimum Gasteiger partial charge on any atom is -0.305 e. The minimum absolute atomic E-state index is 0.306. The molecule has 3 nitrogen and oxygen atoms in total. The van der Waals surface area contributed by atoms with E-state index in [4.69, 9.17) is 20.6 Å². The molecule has 0 radical (unpaired) electrons. The van der Waals surface area contributed by atoms with Crippen molar-refractivity contribution < 1.29 is 13.6 Å². The first-order valence-electron chi connectivity index (χ1n) is 6.02. The highest BCUT2D eigenvalue weighted by Gasteiger charge is 2.32. The second kappa shape index (κ2) is 8.13. The fraction of sp³-hybridized carbons (Fsp3) is 0.385. The predicted octanol–water partition coefficient (Wildman–Crippen LogP) is 5.47. The molecule has 0 bridgehead atoms. The summed E-state index contributed by atoms with van der Waals surface area (Å²) in [5, 5.41) is 0.430. The van der Waals surface area contributed by atoms with E-state index in [2.05, 4.69) is 0 Å². The Labute approximate surface area is 123 Å². The molecule has 1 aromatic rings. The minimum atomic E-state index is -3.34. The van der Waals surface area contributed by atoms with Crippen molar-refractivity contribution in [2.24, 2.45) is 0 Å². The fourth-order valence-corrected chi connectivity index (χ4v) is 4.94. The van der Waals surface area contributed by atoms with Gasteiger partial charge in [0.25, 0.3) is 0 Å². The van der Waals surface area contributed by atoms with Gasteiger partial charge in [0.2, 0.25) is 0 Å². The van der Waals surface area contributed by atoms with Crippen LogP contribution in [0.5, 0.6) is 0 Å². The summed E-state index contributed by atoms with van der Waals surface area (Å²) >= 11 is 7.39. The first kappa shape index (κ1) is 16.8. The second-order valence-electron chi connectivity index (χ2n) is 3.59. The molecule has 0 heterocycles. The van der Waals surface area contributed by atoms with Gasteiger partial charge in [0.15, 0.2) is 0 Å². The molecule has 0 atom stereocenters. The molecule has 6 heteroatoms. The van der Waals surface area contributed by atoms with Gasteiger partial charge in [-0.05, 0) is 32.9 Å². The third kappa shape index (κ3) is 4.97. The first-order chi connectivity index (χ1) is 9.03. The van der Waals surface area contributed by atoms with Gasteiger partial charge in [-0.25, -0.2) is 0 Å². The van der Waals surface area contributed by atoms with Gasteiger partial charge in [0, 0.05) is 9.93 Å². The second-order valence-corrected chi connectivity index (χ2v) is 7.50. The Morgan fingerprint density at radius 1 is 1.21 bits per heavy atom. The van der Waals surface area contributed by atoms with E-state index in [1.165, 1.54) is 11.8 Å². The lowest BCUT2D eigenvalue weighted by atomic mass is 10.4. The summed E-state index contributed by atoms with van der Waals surface area (Å²) in [5.74, 6) is 0. The van der Waals surface area contributed by atoms with Crippen LogP contribution in [0.4, 0.5) is 0 Å². The monoisotopic (exact) mass is 320 g/mol. The molecular weight excluding hydrogens is 303 g/mol. The lowest BCUT2D eigenvalue weighted by Gasteiger charge is -2.20. The van der Waals surface area contributed by atoms with E-state index < -0.39 is 7.60 Å². The zero-order chi connectivity index (χ0) is 14.3. The van der Waals surface area contributed by atoms with Crippen LogP contribution >= 0.6 is 31.0 Å². The number of rotatable bonds is 7. The van der Waals surface area contributed by atoms with Gasteiger partial charge in [-0.3, -0.25) is 4.57 Å². The summed E-state index contributed by atoms with van der Waals surface area (Å²) in [6.07, 6.45) is 0. The van der Waals surface area contributed by atoms with Crippen LogP contribution in [0.1, 0.15) is 20.8 Å². The van der Waals surface area contributed by atoms with E-state index in [0.29, 0.717) is 22.9 Å². The predicted molar refractivity (Wildman–Crippen MR) is 81.7 cm³/mol. The molecule has 0 N–H and O–H groups in total. The topological polar surface area (TPSA) is 35.5 Å². The lowest BCUT2D eigenvalue weighted by Crippen LogP contribution is -1.98. The van der Waals surface area contributed by atoms with E-state index in [9.17, 15) is 4.57 Å². The molecule has 1 rings (SSSR count). The highest BCUT2D eigenvalue weighted by atomic mass is 35.5. The van der Waals surface area contributed by atoms with Crippen molar-refractivity contribution in [1.82, 2.24) is 0 Å². The van der Waals surface area contributed by atoms with Gasteiger partial charge in [-0.1, -0.05) is 41.6 Å². The van der Waals surface area contributed by atoms with E-state index in [-0.39, 0.29) is 0 Å². The van der Waals surface area contributed by atoms with Crippen molar-refractivity contribution in [2.75, 3.05) is 13.2 Å². The largest absolute Gasteiger partial charge is 0.369 e. The zero-order valence-electron chi connectivity index (χ0n) is 11.3. The van der Waals surface area contributed by atoms with Gasteiger partial charge >= 0.3 is 7.60 Å². The molecule has 0 spiro atoms. The third-order valence-electron chi connectivity index (χ3n) is 2.10. The summed E-state index contributed by atoms with van der Waals surface area (Å²) in [4.78, 5) is 0.942. The van der Waals surface area contributed by atoms with Crippen molar-refractivity contribution in [2.45, 2.75) is 25.7 Å². The van der Waals surface area contributed by atoms with Crippen LogP contribution in [0, 0.1) is 0 Å². The maximum Gasteiger partial charge on any atom is 0.369 e. The van der Waals surface area contributed by atoms with E-state index in [0.717, 1.165) is 4.90 Å². The van der Waals surface area contributed by atoms with Crippen LogP contribution in [0.25, 0.3) is 0 Å². The quantitative estimate of drug-likeness (QED) is 0.493. The third-order valence-corrected chi connectivity index (χ3v) is 6.51. The lowest BCUT2D eigenvalue weighted by molar-refractivity contribution is 0.228. The van der Waals surface area contributed by atoms with Gasteiger partial charge < -0.3 is 9.05 Å². The van der Waals surface area contributed by atoms with Crippen LogP contribution in [0.3, 0.4) is 0 Å². The summed E-state index contributed by atoms with van der Waals surface area (Å²) in [6, 6.07) is 9.59. The molecule has 0 fully saturated rings. The van der Waals surface area contributed by atoms with Gasteiger partial charge in [-0.2, -0.15) is 0 Å². The Kier molecular flexibility index (Phi) is 7.19. The van der Waals surface area contributed by atoms with Crippen LogP contribution in [0.2, 0.25) is 0 Å². The van der Waals surface area contributed by atoms with Crippen molar-refractivity contribution in [3.63, 3.8) is 0 Å². The normalized spacial score (nSPS) is 13.3. The molecule has 19 heavy (non-hydrogen) atoms. The van der Waals surface area contributed by atoms with Crippen LogP contribution in [-0.4, -0.2) is 13.2 Å². The Hall–Kier alpha value is -0.250. The van der Waals surface area contributed by atoms with Crippen molar-refractivity contribution >= 4 is 31.0 Å². The maximum atomic E-state index is 12.8. The number of allylic oxidation sites excluding steroid dienone is 1. The maximum absolute atomic E-state index is 12.8. The highest BCUT2D eigenvalue weighted by molar-refractivity contribution is 8.10. The number of benzene rings is 1. The molecule has 0 aliphatic rings. The Morgan fingerprint density at radius 2 is 1.74 bits per heavy atom. The number of hydrogen-bond acceptors (Lipinski definition) is 4. The molecule has 0 unspecified atom stereocenters. The molecule has 0 aliphatic carbocycles. The van der Waals surface area contributed by atoms with Crippen LogP contribution in [-0.2, 0) is 13.6 Å². The molecule has 1 aromatic carbocycles. The molecule has 0 aliphatic heterocycles. The summed E-state index contributed by atoms with van der Waals surface area (Å²) < 4.78 is 23.9. The first-order valence-corrected chi connectivity index (χ1v) is 8.76. The van der Waals surface area contributed by atoms with Crippen LogP contribution < -0.4 is 0 Å². The van der Waals surface area contributed by atoms with Crippen LogP contribution in [0.15, 0.2) is 44.9 Å². The number of hydrogen-bond donors (Lipinski definition) is 0. The Bertz CT molecular complexity index is 462. The van der Waals surface area contributed by atoms with Crippen molar-refractivity contribution in [1.29, 1.82) is 0 Å². The average molecular weight is 321 g/mol. The van der Waals surface area contributed by atoms with Crippen molar-refractivity contribution in [3.05, 3.63) is 40.0 Å². The SMILES string of the molecule is CCOP(=O)(OCC)/C(Sc1ccccc1)=C(\C)Cl. The van der Waals surface area contributed by atoms with Crippen molar-refractivity contribution in [3.8, 4) is 0 Å². The zero-order valence-corrected chi connectivity index (χ0v) is 13.7. The molecule has 0 saturated heterocycles. The Balaban J connectivity index is 3.07. The molecule has 106 valence electrons. The highest BCUT2D eigenvalue weighted by Crippen LogP contribution is 2.63. The summed E-state index contributed by atoms with van der Waals surface area (Å²) in [5.41, 5.74) is 0. The van der Waals surface area contributed by atoms with Gasteiger partial charge in [0.05, 0.1) is 13.2 Å². The average Bonchev–Trinajstić information content (AvgIpc) is 2.37. The molecule has 0 amide bonds. The van der Waals surface area contributed by atoms with E-state index >= 15 is 0 Å². The van der Waals surface area contributed by atoms with Gasteiger partial charge in [0.1, 0.15) is 4.65 Å². The summed E-state index contributed by atoms with van der Waals surface area (Å²) in [6.45, 7) is 5.86. The fourth-order valence-electron chi connectivity index (χ4n) is 1.41. The number of halogens is 1. The Morgan fingerprint density at radius 3 is 2.16 bits per heavy atom. The van der Waals surface area contributed by atoms with E-state index in [1.807, 2.05) is 30.3 Å². The number of thioether (sulfide) groups is 1. The summed E-state index contributed by atoms with van der Waals surface area (Å²) in [7, 11) is -3.34. The standard InChI is InChI=1S/C13H18ClO3PS/c1-4-16-18(15,17-5-2)13(11(3)14)19-12-9-7-6-8-10-12/h6-10H,4-5H2,1-3H3/b13-11-. The smallest absolute Gasteiger partial charge is 0.305 e. The molecule has 0 aromatic heterocycles. The van der Waals surface area contributed by atoms with Gasteiger partial charge in [-0.15, -0.1) is 0 Å². The molecular formula is C13H18ClO3PS. The molecule has 0 saturated carbocycles.